The Balaban J connectivity index is 1.94. The van der Waals surface area contributed by atoms with Crippen LogP contribution in [0.2, 0.25) is 0 Å². The average molecular weight is 268 g/mol. The summed E-state index contributed by atoms with van der Waals surface area (Å²) in [4.78, 5) is 0. The van der Waals surface area contributed by atoms with E-state index in [-0.39, 0.29) is 0 Å². The lowest BCUT2D eigenvalue weighted by Crippen LogP contribution is -2.01. The fourth-order valence-corrected chi connectivity index (χ4v) is 2.28. The predicted octanol–water partition coefficient (Wildman–Crippen LogP) is 3.10. The van der Waals surface area contributed by atoms with Gasteiger partial charge >= 0.3 is 0 Å². The van der Waals surface area contributed by atoms with Gasteiger partial charge in [0.15, 0.2) is 0 Å². The lowest BCUT2D eigenvalue weighted by Gasteiger charge is -2.06. The summed E-state index contributed by atoms with van der Waals surface area (Å²) in [6, 6.07) is 14.0. The van der Waals surface area contributed by atoms with E-state index in [0.29, 0.717) is 0 Å². The molecule has 0 saturated carbocycles. The van der Waals surface area contributed by atoms with Crippen molar-refractivity contribution in [2.75, 3.05) is 14.2 Å². The molecule has 102 valence electrons. The molecular formula is C16H16N2O2. The number of methoxy groups -OCH3 is 2. The molecule has 0 aliphatic carbocycles. The fourth-order valence-electron chi connectivity index (χ4n) is 2.28. The van der Waals surface area contributed by atoms with E-state index in [1.165, 1.54) is 5.56 Å². The van der Waals surface area contributed by atoms with Crippen LogP contribution in [0.25, 0.3) is 10.9 Å². The SMILES string of the molecule is COc1ccc(Cn2ncc3c(OC)cccc32)cc1. The standard InChI is InChI=1S/C16H16N2O2/c1-19-13-8-6-12(7-9-13)11-18-15-4-3-5-16(20-2)14(15)10-17-18/h3-10H,11H2,1-2H3. The maximum atomic E-state index is 5.35. The van der Waals surface area contributed by atoms with Crippen LogP contribution in [-0.4, -0.2) is 24.0 Å². The van der Waals surface area contributed by atoms with Crippen molar-refractivity contribution < 1.29 is 9.47 Å². The van der Waals surface area contributed by atoms with Crippen LogP contribution in [0.1, 0.15) is 5.56 Å². The summed E-state index contributed by atoms with van der Waals surface area (Å²) < 4.78 is 12.5. The van der Waals surface area contributed by atoms with Crippen LogP contribution >= 0.6 is 0 Å². The zero-order valence-corrected chi connectivity index (χ0v) is 11.5. The van der Waals surface area contributed by atoms with Crippen molar-refractivity contribution in [2.24, 2.45) is 0 Å². The third-order valence-corrected chi connectivity index (χ3v) is 3.36. The van der Waals surface area contributed by atoms with Crippen LogP contribution in [0.5, 0.6) is 11.5 Å². The minimum Gasteiger partial charge on any atom is -0.497 e. The summed E-state index contributed by atoms with van der Waals surface area (Å²) in [5, 5.41) is 5.48. The van der Waals surface area contributed by atoms with E-state index in [9.17, 15) is 0 Å². The van der Waals surface area contributed by atoms with Gasteiger partial charge in [0.1, 0.15) is 11.5 Å². The molecule has 0 spiro atoms. The van der Waals surface area contributed by atoms with Gasteiger partial charge in [0.2, 0.25) is 0 Å². The van der Waals surface area contributed by atoms with Crippen LogP contribution in [-0.2, 0) is 6.54 Å². The van der Waals surface area contributed by atoms with Crippen molar-refractivity contribution in [2.45, 2.75) is 6.54 Å². The van der Waals surface area contributed by atoms with Gasteiger partial charge in [-0.1, -0.05) is 18.2 Å². The van der Waals surface area contributed by atoms with Gasteiger partial charge in [0, 0.05) is 0 Å². The first-order valence-corrected chi connectivity index (χ1v) is 6.43. The van der Waals surface area contributed by atoms with E-state index >= 15 is 0 Å². The van der Waals surface area contributed by atoms with Crippen molar-refractivity contribution in [3.63, 3.8) is 0 Å². The van der Waals surface area contributed by atoms with Crippen molar-refractivity contribution in [1.82, 2.24) is 9.78 Å². The molecule has 0 aliphatic heterocycles. The smallest absolute Gasteiger partial charge is 0.129 e. The predicted molar refractivity (Wildman–Crippen MR) is 78.4 cm³/mol. The minimum absolute atomic E-state index is 0.723. The quantitative estimate of drug-likeness (QED) is 0.729. The number of rotatable bonds is 4. The number of hydrogen-bond donors (Lipinski definition) is 0. The molecular weight excluding hydrogens is 252 g/mol. The van der Waals surface area contributed by atoms with Gasteiger partial charge in [0.05, 0.1) is 37.9 Å². The minimum atomic E-state index is 0.723. The number of aromatic nitrogens is 2. The van der Waals surface area contributed by atoms with Gasteiger partial charge in [-0.05, 0) is 29.8 Å². The molecule has 1 aromatic heterocycles. The Bertz CT molecular complexity index is 717. The number of ether oxygens (including phenoxy) is 2. The van der Waals surface area contributed by atoms with Gasteiger partial charge < -0.3 is 9.47 Å². The molecule has 0 amide bonds. The molecule has 0 radical (unpaired) electrons. The van der Waals surface area contributed by atoms with Gasteiger partial charge in [-0.2, -0.15) is 5.10 Å². The molecule has 0 N–H and O–H groups in total. The Kier molecular flexibility index (Phi) is 3.29. The van der Waals surface area contributed by atoms with E-state index in [1.807, 2.05) is 53.3 Å². The van der Waals surface area contributed by atoms with Crippen LogP contribution < -0.4 is 9.47 Å². The maximum absolute atomic E-state index is 5.35. The molecule has 0 unspecified atom stereocenters. The maximum Gasteiger partial charge on any atom is 0.129 e. The number of fused-ring (bicyclic) bond motifs is 1. The summed E-state index contributed by atoms with van der Waals surface area (Å²) >= 11 is 0. The second kappa shape index (κ2) is 5.25. The molecule has 0 aliphatic rings. The Labute approximate surface area is 117 Å². The Morgan fingerprint density at radius 3 is 2.50 bits per heavy atom. The number of benzene rings is 2. The largest absolute Gasteiger partial charge is 0.497 e. The van der Waals surface area contributed by atoms with E-state index in [2.05, 4.69) is 5.10 Å². The summed E-state index contributed by atoms with van der Waals surface area (Å²) in [5.74, 6) is 1.71. The molecule has 0 fully saturated rings. The first-order chi connectivity index (χ1) is 9.81. The molecule has 4 nitrogen and oxygen atoms in total. The molecule has 0 saturated heterocycles. The summed E-state index contributed by atoms with van der Waals surface area (Å²) in [5.41, 5.74) is 2.25. The highest BCUT2D eigenvalue weighted by Crippen LogP contribution is 2.25. The summed E-state index contributed by atoms with van der Waals surface area (Å²) in [7, 11) is 3.35. The number of hydrogen-bond acceptors (Lipinski definition) is 3. The second-order valence-corrected chi connectivity index (χ2v) is 4.54. The van der Waals surface area contributed by atoms with Crippen LogP contribution in [0.15, 0.2) is 48.7 Å². The topological polar surface area (TPSA) is 36.3 Å². The molecule has 1 heterocycles. The Hall–Kier alpha value is -2.49. The van der Waals surface area contributed by atoms with Crippen LogP contribution in [0.4, 0.5) is 0 Å². The highest BCUT2D eigenvalue weighted by molar-refractivity contribution is 5.85. The van der Waals surface area contributed by atoms with Crippen molar-refractivity contribution in [1.29, 1.82) is 0 Å². The van der Waals surface area contributed by atoms with Gasteiger partial charge in [-0.25, -0.2) is 0 Å². The monoisotopic (exact) mass is 268 g/mol. The van der Waals surface area contributed by atoms with E-state index in [0.717, 1.165) is 28.9 Å². The second-order valence-electron chi connectivity index (χ2n) is 4.54. The van der Waals surface area contributed by atoms with E-state index < -0.39 is 0 Å². The summed E-state index contributed by atoms with van der Waals surface area (Å²) in [6.45, 7) is 0.723. The van der Waals surface area contributed by atoms with E-state index in [1.54, 1.807) is 14.2 Å². The molecule has 4 heteroatoms. The van der Waals surface area contributed by atoms with Crippen molar-refractivity contribution in [3.8, 4) is 11.5 Å². The molecule has 2 aromatic carbocycles. The highest BCUT2D eigenvalue weighted by atomic mass is 16.5. The average Bonchev–Trinajstić information content (AvgIpc) is 2.91. The molecule has 0 atom stereocenters. The third-order valence-electron chi connectivity index (χ3n) is 3.36. The zero-order chi connectivity index (χ0) is 13.9. The fraction of sp³-hybridized carbons (Fsp3) is 0.188. The van der Waals surface area contributed by atoms with Gasteiger partial charge in [-0.3, -0.25) is 4.68 Å². The molecule has 20 heavy (non-hydrogen) atoms. The molecule has 3 aromatic rings. The van der Waals surface area contributed by atoms with Crippen LogP contribution in [0.3, 0.4) is 0 Å². The highest BCUT2D eigenvalue weighted by Gasteiger charge is 2.07. The van der Waals surface area contributed by atoms with Crippen LogP contribution in [0, 0.1) is 0 Å². The lowest BCUT2D eigenvalue weighted by molar-refractivity contribution is 0.414. The summed E-state index contributed by atoms with van der Waals surface area (Å²) in [6.07, 6.45) is 1.84. The van der Waals surface area contributed by atoms with Crippen molar-refractivity contribution in [3.05, 3.63) is 54.2 Å². The Morgan fingerprint density at radius 2 is 1.80 bits per heavy atom. The first kappa shape index (κ1) is 12.5. The first-order valence-electron chi connectivity index (χ1n) is 6.43. The number of nitrogens with zero attached hydrogens (tertiary/aromatic N) is 2. The van der Waals surface area contributed by atoms with E-state index in [4.69, 9.17) is 9.47 Å². The molecule has 0 bridgehead atoms. The Morgan fingerprint density at radius 1 is 1.00 bits per heavy atom. The van der Waals surface area contributed by atoms with Crippen molar-refractivity contribution >= 4 is 10.9 Å². The zero-order valence-electron chi connectivity index (χ0n) is 11.5. The third kappa shape index (κ3) is 2.20. The normalized spacial score (nSPS) is 10.7. The lowest BCUT2D eigenvalue weighted by atomic mass is 10.2. The van der Waals surface area contributed by atoms with Gasteiger partial charge in [0.25, 0.3) is 0 Å². The van der Waals surface area contributed by atoms with Gasteiger partial charge in [-0.15, -0.1) is 0 Å². The molecule has 3 rings (SSSR count).